The number of hydrogen-bond donors (Lipinski definition) is 1. The number of fused-ring (bicyclic) bond motifs is 1. The molecule has 2 aliphatic rings. The van der Waals surface area contributed by atoms with Crippen molar-refractivity contribution in [1.29, 1.82) is 0 Å². The van der Waals surface area contributed by atoms with E-state index in [4.69, 9.17) is 9.72 Å². The molecule has 0 radical (unpaired) electrons. The number of amides is 2. The summed E-state index contributed by atoms with van der Waals surface area (Å²) in [6.07, 6.45) is 8.52. The van der Waals surface area contributed by atoms with Gasteiger partial charge >= 0.3 is 0 Å². The molecule has 0 bridgehead atoms. The zero-order valence-corrected chi connectivity index (χ0v) is 26.6. The first-order chi connectivity index (χ1) is 22.8. The van der Waals surface area contributed by atoms with Crippen LogP contribution in [-0.2, 0) is 16.6 Å². The highest BCUT2D eigenvalue weighted by atomic mass is 32.1. The number of piperidine rings is 1. The minimum Gasteiger partial charge on any atom is -0.493 e. The molecule has 2 saturated heterocycles. The van der Waals surface area contributed by atoms with Gasteiger partial charge in [0.2, 0.25) is 11.8 Å². The van der Waals surface area contributed by atoms with Gasteiger partial charge in [-0.3, -0.25) is 19.1 Å². The number of rotatable bonds is 8. The average molecular weight is 653 g/mol. The number of carbonyl (C=O) groups is 2. The lowest BCUT2D eigenvalue weighted by atomic mass is 9.95. The summed E-state index contributed by atoms with van der Waals surface area (Å²) < 4.78 is 25.4. The minimum absolute atomic E-state index is 0.00896. The maximum absolute atomic E-state index is 14.8. The quantitative estimate of drug-likeness (QED) is 0.231. The number of ether oxygens (including phenoxy) is 1. The first kappa shape index (κ1) is 30.5. The van der Waals surface area contributed by atoms with Gasteiger partial charge in [-0.25, -0.2) is 9.37 Å². The molecule has 240 valence electrons. The standard InChI is InChI=1S/C35H33FN6O4S/c1-3-30(44)41-12-9-25(19-41)42-18-22(4-7-31(42)45)34-32(35-27(10-13-47-35)33(39-34)23-16-38-40(2)17-23)26-6-5-24(36)15-28(26)46-20-21-8-11-37-29(43)14-21/h3-7,10,13,15-18,21,25H,1,8-9,11-12,14,19-20H2,2H3,(H,37,43). The fraction of sp³-hybridized carbons (Fsp3) is 0.286. The van der Waals surface area contributed by atoms with Crippen LogP contribution < -0.4 is 15.6 Å². The molecule has 1 N–H and O–H groups in total. The molecule has 47 heavy (non-hydrogen) atoms. The van der Waals surface area contributed by atoms with E-state index < -0.39 is 5.82 Å². The molecule has 0 saturated carbocycles. The summed E-state index contributed by atoms with van der Waals surface area (Å²) in [5.41, 5.74) is 4.07. The van der Waals surface area contributed by atoms with E-state index in [0.717, 1.165) is 33.3 Å². The van der Waals surface area contributed by atoms with Gasteiger partial charge in [0.05, 0.1) is 30.2 Å². The molecule has 4 aromatic heterocycles. The van der Waals surface area contributed by atoms with E-state index in [1.807, 2.05) is 24.7 Å². The number of thiophene rings is 1. The van der Waals surface area contributed by atoms with Gasteiger partial charge in [-0.05, 0) is 48.6 Å². The van der Waals surface area contributed by atoms with Crippen molar-refractivity contribution in [3.8, 4) is 39.4 Å². The first-order valence-electron chi connectivity index (χ1n) is 15.5. The Balaban J connectivity index is 1.39. The molecule has 1 aromatic carbocycles. The van der Waals surface area contributed by atoms with Crippen molar-refractivity contribution in [2.75, 3.05) is 26.2 Å². The van der Waals surface area contributed by atoms with E-state index in [1.54, 1.807) is 38.7 Å². The largest absolute Gasteiger partial charge is 0.493 e. The molecular formula is C35H33FN6O4S. The van der Waals surface area contributed by atoms with Gasteiger partial charge in [-0.2, -0.15) is 5.10 Å². The SMILES string of the molecule is C=CC(=O)N1CCC(n2cc(-c3nc(-c4cnn(C)c4)c4ccsc4c3-c3ccc(F)cc3OCC3CCNC(=O)C3)ccc2=O)C1. The summed E-state index contributed by atoms with van der Waals surface area (Å²) >= 11 is 1.54. The van der Waals surface area contributed by atoms with Crippen molar-refractivity contribution in [1.82, 2.24) is 29.5 Å². The van der Waals surface area contributed by atoms with Gasteiger partial charge in [-0.1, -0.05) is 6.58 Å². The van der Waals surface area contributed by atoms with Crippen LogP contribution in [0.3, 0.4) is 0 Å². The summed E-state index contributed by atoms with van der Waals surface area (Å²) in [5, 5.41) is 10.1. The molecule has 2 aliphatic heterocycles. The minimum atomic E-state index is -0.442. The molecule has 2 unspecified atom stereocenters. The Bertz CT molecular complexity index is 2080. The summed E-state index contributed by atoms with van der Waals surface area (Å²) in [6.45, 7) is 5.37. The summed E-state index contributed by atoms with van der Waals surface area (Å²) in [4.78, 5) is 44.5. The molecule has 0 spiro atoms. The maximum Gasteiger partial charge on any atom is 0.250 e. The number of hydrogen-bond acceptors (Lipinski definition) is 7. The van der Waals surface area contributed by atoms with Crippen LogP contribution in [0, 0.1) is 11.7 Å². The molecule has 2 amide bonds. The van der Waals surface area contributed by atoms with Crippen LogP contribution in [0.15, 0.2) is 77.8 Å². The predicted molar refractivity (Wildman–Crippen MR) is 179 cm³/mol. The van der Waals surface area contributed by atoms with E-state index in [2.05, 4.69) is 17.0 Å². The van der Waals surface area contributed by atoms with Crippen molar-refractivity contribution < 1.29 is 18.7 Å². The predicted octanol–water partition coefficient (Wildman–Crippen LogP) is 5.20. The second-order valence-electron chi connectivity index (χ2n) is 12.0. The highest BCUT2D eigenvalue weighted by Crippen LogP contribution is 2.46. The third-order valence-corrected chi connectivity index (χ3v) is 9.81. The van der Waals surface area contributed by atoms with E-state index in [0.29, 0.717) is 55.0 Å². The Morgan fingerprint density at radius 1 is 1.15 bits per heavy atom. The Labute approximate surface area is 274 Å². The molecule has 6 heterocycles. The molecule has 12 heteroatoms. The third-order valence-electron chi connectivity index (χ3n) is 8.88. The number of benzene rings is 1. The molecule has 0 aliphatic carbocycles. The van der Waals surface area contributed by atoms with Crippen molar-refractivity contribution in [2.24, 2.45) is 13.0 Å². The third kappa shape index (κ3) is 5.96. The zero-order chi connectivity index (χ0) is 32.7. The van der Waals surface area contributed by atoms with Gasteiger partial charge in [-0.15, -0.1) is 11.3 Å². The second kappa shape index (κ2) is 12.6. The number of nitrogens with zero attached hydrogens (tertiary/aromatic N) is 5. The van der Waals surface area contributed by atoms with Gasteiger partial charge in [0, 0.05) is 95.9 Å². The number of nitrogens with one attached hydrogen (secondary N) is 1. The van der Waals surface area contributed by atoms with E-state index >= 15 is 0 Å². The highest BCUT2D eigenvalue weighted by molar-refractivity contribution is 7.18. The molecule has 7 rings (SSSR count). The number of halogens is 1. The van der Waals surface area contributed by atoms with E-state index in [1.165, 1.54) is 35.6 Å². The average Bonchev–Trinajstić information content (AvgIpc) is 3.85. The van der Waals surface area contributed by atoms with Crippen molar-refractivity contribution >= 4 is 33.2 Å². The van der Waals surface area contributed by atoms with Crippen LogP contribution in [0.4, 0.5) is 4.39 Å². The lowest BCUT2D eigenvalue weighted by Crippen LogP contribution is -2.35. The lowest BCUT2D eigenvalue weighted by molar-refractivity contribution is -0.125. The smallest absolute Gasteiger partial charge is 0.250 e. The second-order valence-corrected chi connectivity index (χ2v) is 12.9. The van der Waals surface area contributed by atoms with Crippen LogP contribution in [0.25, 0.3) is 43.7 Å². The summed E-state index contributed by atoms with van der Waals surface area (Å²) in [7, 11) is 1.85. The normalized spacial score (nSPS) is 18.0. The topological polar surface area (TPSA) is 111 Å². The van der Waals surface area contributed by atoms with Crippen LogP contribution in [0.5, 0.6) is 5.75 Å². The van der Waals surface area contributed by atoms with Crippen LogP contribution in [0.2, 0.25) is 0 Å². The molecule has 10 nitrogen and oxygen atoms in total. The lowest BCUT2D eigenvalue weighted by Gasteiger charge is -2.23. The Morgan fingerprint density at radius 3 is 2.81 bits per heavy atom. The van der Waals surface area contributed by atoms with Crippen molar-refractivity contribution in [3.05, 3.63) is 89.2 Å². The molecule has 5 aromatic rings. The fourth-order valence-electron chi connectivity index (χ4n) is 6.50. The van der Waals surface area contributed by atoms with Gasteiger partial charge < -0.3 is 19.5 Å². The number of likely N-dealkylation sites (tertiary alicyclic amines) is 1. The summed E-state index contributed by atoms with van der Waals surface area (Å²) in [5.74, 6) is -0.262. The molecule has 2 fully saturated rings. The first-order valence-corrected chi connectivity index (χ1v) is 16.4. The van der Waals surface area contributed by atoms with Gasteiger partial charge in [0.15, 0.2) is 0 Å². The van der Waals surface area contributed by atoms with Crippen LogP contribution >= 0.6 is 11.3 Å². The fourth-order valence-corrected chi connectivity index (χ4v) is 7.45. The Hall–Kier alpha value is -5.10. The summed E-state index contributed by atoms with van der Waals surface area (Å²) in [6, 6.07) is 9.56. The van der Waals surface area contributed by atoms with Crippen molar-refractivity contribution in [2.45, 2.75) is 25.3 Å². The highest BCUT2D eigenvalue weighted by Gasteiger charge is 2.28. The van der Waals surface area contributed by atoms with E-state index in [9.17, 15) is 18.8 Å². The van der Waals surface area contributed by atoms with Crippen LogP contribution in [-0.4, -0.2) is 62.3 Å². The Kier molecular flexibility index (Phi) is 8.19. The number of carbonyl (C=O) groups excluding carboxylic acids is 2. The number of pyridine rings is 2. The zero-order valence-electron chi connectivity index (χ0n) is 25.8. The maximum atomic E-state index is 14.8. The van der Waals surface area contributed by atoms with E-state index in [-0.39, 0.29) is 35.9 Å². The van der Waals surface area contributed by atoms with Gasteiger partial charge in [0.1, 0.15) is 11.6 Å². The molecule has 2 atom stereocenters. The number of aromatic nitrogens is 4. The monoisotopic (exact) mass is 652 g/mol. The van der Waals surface area contributed by atoms with Gasteiger partial charge in [0.25, 0.3) is 5.56 Å². The Morgan fingerprint density at radius 2 is 2.02 bits per heavy atom. The number of aryl methyl sites for hydroxylation is 1. The van der Waals surface area contributed by atoms with Crippen molar-refractivity contribution in [3.63, 3.8) is 0 Å². The van der Waals surface area contributed by atoms with Crippen LogP contribution in [0.1, 0.15) is 25.3 Å². The molecular weight excluding hydrogens is 619 g/mol.